The van der Waals surface area contributed by atoms with E-state index in [1.807, 2.05) is 44.0 Å². The summed E-state index contributed by atoms with van der Waals surface area (Å²) < 4.78 is 13.2. The van der Waals surface area contributed by atoms with Crippen LogP contribution in [0.25, 0.3) is 11.3 Å². The fourth-order valence-electron chi connectivity index (χ4n) is 4.13. The van der Waals surface area contributed by atoms with Crippen molar-refractivity contribution in [2.75, 3.05) is 52.5 Å². The van der Waals surface area contributed by atoms with Gasteiger partial charge in [0.25, 0.3) is 5.91 Å². The molecule has 0 radical (unpaired) electrons. The Morgan fingerprint density at radius 2 is 1.66 bits per heavy atom. The van der Waals surface area contributed by atoms with Gasteiger partial charge in [0.2, 0.25) is 0 Å². The summed E-state index contributed by atoms with van der Waals surface area (Å²) in [6.45, 7) is 8.61. The number of rotatable bonds is 4. The van der Waals surface area contributed by atoms with Gasteiger partial charge in [0.15, 0.2) is 11.5 Å². The zero-order valence-corrected chi connectivity index (χ0v) is 19.0. The predicted octanol–water partition coefficient (Wildman–Crippen LogP) is 2.47. The Hall–Kier alpha value is -3.23. The van der Waals surface area contributed by atoms with Crippen molar-refractivity contribution in [2.45, 2.75) is 20.3 Å². The first-order valence-electron chi connectivity index (χ1n) is 11.3. The minimum atomic E-state index is -0.0739. The Morgan fingerprint density at radius 3 is 2.34 bits per heavy atom. The molecule has 0 aliphatic carbocycles. The van der Waals surface area contributed by atoms with Crippen LogP contribution in [0.4, 0.5) is 4.79 Å². The van der Waals surface area contributed by atoms with Crippen molar-refractivity contribution in [2.24, 2.45) is 7.05 Å². The van der Waals surface area contributed by atoms with Crippen LogP contribution in [-0.2, 0) is 7.05 Å². The fourth-order valence-corrected chi connectivity index (χ4v) is 4.13. The standard InChI is InChI=1S/C23H31N5O4/c1-4-26(5-2)23(30)28-11-9-27(10-12-28)22(29)18-16-25(3)24-21(18)17-7-8-19-20(15-17)32-14-6-13-31-19/h7-8,15-16H,4-6,9-14H2,1-3H3. The molecule has 1 aromatic heterocycles. The van der Waals surface area contributed by atoms with Crippen molar-refractivity contribution < 1.29 is 19.1 Å². The number of benzene rings is 1. The van der Waals surface area contributed by atoms with Crippen molar-refractivity contribution in [3.05, 3.63) is 30.0 Å². The molecule has 3 heterocycles. The highest BCUT2D eigenvalue weighted by Gasteiger charge is 2.29. The monoisotopic (exact) mass is 441 g/mol. The van der Waals surface area contributed by atoms with Crippen LogP contribution < -0.4 is 9.47 Å². The minimum absolute atomic E-state index is 0.0383. The number of nitrogens with zero attached hydrogens (tertiary/aromatic N) is 5. The molecule has 9 heteroatoms. The first-order chi connectivity index (χ1) is 15.5. The molecule has 9 nitrogen and oxygen atoms in total. The molecule has 1 fully saturated rings. The van der Waals surface area contributed by atoms with E-state index in [4.69, 9.17) is 9.47 Å². The van der Waals surface area contributed by atoms with Gasteiger partial charge in [-0.3, -0.25) is 9.48 Å². The summed E-state index contributed by atoms with van der Waals surface area (Å²) in [5.41, 5.74) is 1.98. The van der Waals surface area contributed by atoms with Crippen LogP contribution in [0.5, 0.6) is 11.5 Å². The third kappa shape index (κ3) is 4.37. The van der Waals surface area contributed by atoms with Crippen molar-refractivity contribution in [1.29, 1.82) is 0 Å². The Balaban J connectivity index is 1.51. The van der Waals surface area contributed by atoms with E-state index in [0.717, 1.165) is 12.0 Å². The van der Waals surface area contributed by atoms with Crippen LogP contribution in [0.2, 0.25) is 0 Å². The molecule has 0 bridgehead atoms. The van der Waals surface area contributed by atoms with E-state index in [2.05, 4.69) is 5.10 Å². The average molecular weight is 442 g/mol. The Labute approximate surface area is 188 Å². The van der Waals surface area contributed by atoms with Gasteiger partial charge in [0, 0.05) is 64.5 Å². The number of aryl methyl sites for hydroxylation is 1. The summed E-state index contributed by atoms with van der Waals surface area (Å²) in [5.74, 6) is 1.31. The quantitative estimate of drug-likeness (QED) is 0.728. The third-order valence-electron chi connectivity index (χ3n) is 5.95. The topological polar surface area (TPSA) is 80.1 Å². The Morgan fingerprint density at radius 1 is 1.00 bits per heavy atom. The minimum Gasteiger partial charge on any atom is -0.490 e. The summed E-state index contributed by atoms with van der Waals surface area (Å²) in [6, 6.07) is 5.71. The number of carbonyl (C=O) groups excluding carboxylic acids is 2. The van der Waals surface area contributed by atoms with Crippen molar-refractivity contribution in [1.82, 2.24) is 24.5 Å². The molecule has 2 aliphatic rings. The second kappa shape index (κ2) is 9.50. The molecule has 1 saturated heterocycles. The molecule has 1 aromatic carbocycles. The lowest BCUT2D eigenvalue weighted by atomic mass is 10.1. The predicted molar refractivity (Wildman–Crippen MR) is 120 cm³/mol. The molecule has 0 saturated carbocycles. The van der Waals surface area contributed by atoms with E-state index in [1.54, 1.807) is 20.7 Å². The molecule has 0 unspecified atom stereocenters. The van der Waals surface area contributed by atoms with Gasteiger partial charge in [-0.1, -0.05) is 0 Å². The highest BCUT2D eigenvalue weighted by Crippen LogP contribution is 2.35. The first-order valence-corrected chi connectivity index (χ1v) is 11.3. The highest BCUT2D eigenvalue weighted by atomic mass is 16.5. The molecule has 0 N–H and O–H groups in total. The summed E-state index contributed by atoms with van der Waals surface area (Å²) in [7, 11) is 1.81. The molecule has 32 heavy (non-hydrogen) atoms. The number of urea groups is 1. The van der Waals surface area contributed by atoms with Gasteiger partial charge in [-0.05, 0) is 32.0 Å². The zero-order chi connectivity index (χ0) is 22.7. The number of aromatic nitrogens is 2. The molecule has 0 atom stereocenters. The molecule has 3 amide bonds. The Bertz CT molecular complexity index is 977. The van der Waals surface area contributed by atoms with Gasteiger partial charge in [0.05, 0.1) is 18.8 Å². The van der Waals surface area contributed by atoms with Crippen LogP contribution in [0.1, 0.15) is 30.6 Å². The van der Waals surface area contributed by atoms with Gasteiger partial charge < -0.3 is 24.2 Å². The first kappa shape index (κ1) is 22.0. The van der Waals surface area contributed by atoms with E-state index in [9.17, 15) is 9.59 Å². The molecule has 2 aromatic rings. The SMILES string of the molecule is CCN(CC)C(=O)N1CCN(C(=O)c2cn(C)nc2-c2ccc3c(c2)OCCCO3)CC1. The Kier molecular flexibility index (Phi) is 6.53. The number of fused-ring (bicyclic) bond motifs is 1. The van der Waals surface area contributed by atoms with E-state index in [-0.39, 0.29) is 11.9 Å². The molecule has 172 valence electrons. The molecular formula is C23H31N5O4. The van der Waals surface area contributed by atoms with Crippen molar-refractivity contribution in [3.63, 3.8) is 0 Å². The third-order valence-corrected chi connectivity index (χ3v) is 5.95. The van der Waals surface area contributed by atoms with Crippen LogP contribution >= 0.6 is 0 Å². The fraction of sp³-hybridized carbons (Fsp3) is 0.522. The number of hydrogen-bond donors (Lipinski definition) is 0. The summed E-state index contributed by atoms with van der Waals surface area (Å²) >= 11 is 0. The lowest BCUT2D eigenvalue weighted by molar-refractivity contribution is 0.0642. The number of hydrogen-bond acceptors (Lipinski definition) is 5. The van der Waals surface area contributed by atoms with Gasteiger partial charge in [0.1, 0.15) is 5.69 Å². The largest absolute Gasteiger partial charge is 0.490 e. The summed E-state index contributed by atoms with van der Waals surface area (Å²) in [6.07, 6.45) is 2.59. The van der Waals surface area contributed by atoms with Gasteiger partial charge in [-0.25, -0.2) is 4.79 Å². The van der Waals surface area contributed by atoms with Crippen LogP contribution in [0, 0.1) is 0 Å². The van der Waals surface area contributed by atoms with Crippen LogP contribution in [0.15, 0.2) is 24.4 Å². The van der Waals surface area contributed by atoms with Gasteiger partial charge >= 0.3 is 6.03 Å². The maximum absolute atomic E-state index is 13.4. The lowest BCUT2D eigenvalue weighted by Crippen LogP contribution is -2.54. The number of carbonyl (C=O) groups is 2. The maximum Gasteiger partial charge on any atom is 0.320 e. The van der Waals surface area contributed by atoms with Gasteiger partial charge in [-0.2, -0.15) is 5.10 Å². The van der Waals surface area contributed by atoms with Gasteiger partial charge in [-0.15, -0.1) is 0 Å². The molecule has 0 spiro atoms. The average Bonchev–Trinajstić information content (AvgIpc) is 3.05. The summed E-state index contributed by atoms with van der Waals surface area (Å²) in [5, 5.41) is 4.56. The number of piperazine rings is 1. The highest BCUT2D eigenvalue weighted by molar-refractivity contribution is 6.00. The number of ether oxygens (including phenoxy) is 2. The second-order valence-electron chi connectivity index (χ2n) is 8.01. The lowest BCUT2D eigenvalue weighted by Gasteiger charge is -2.37. The van der Waals surface area contributed by atoms with Crippen LogP contribution in [0.3, 0.4) is 0 Å². The van der Waals surface area contributed by atoms with E-state index in [0.29, 0.717) is 75.2 Å². The molecule has 4 rings (SSSR count). The summed E-state index contributed by atoms with van der Waals surface area (Å²) in [4.78, 5) is 31.4. The van der Waals surface area contributed by atoms with E-state index >= 15 is 0 Å². The number of amides is 3. The maximum atomic E-state index is 13.4. The zero-order valence-electron chi connectivity index (χ0n) is 19.0. The van der Waals surface area contributed by atoms with Crippen molar-refractivity contribution >= 4 is 11.9 Å². The van der Waals surface area contributed by atoms with E-state index < -0.39 is 0 Å². The van der Waals surface area contributed by atoms with E-state index in [1.165, 1.54) is 0 Å². The molecular weight excluding hydrogens is 410 g/mol. The second-order valence-corrected chi connectivity index (χ2v) is 8.01. The smallest absolute Gasteiger partial charge is 0.320 e. The van der Waals surface area contributed by atoms with Crippen LogP contribution in [-0.4, -0.2) is 88.9 Å². The normalized spacial score (nSPS) is 16.0. The van der Waals surface area contributed by atoms with Crippen molar-refractivity contribution in [3.8, 4) is 22.8 Å². The molecule has 2 aliphatic heterocycles.